The van der Waals surface area contributed by atoms with E-state index in [0.717, 1.165) is 15.7 Å². The molecule has 0 radical (unpaired) electrons. The number of methoxy groups -OCH3 is 1. The van der Waals surface area contributed by atoms with E-state index in [-0.39, 0.29) is 5.91 Å². The SMILES string of the molecule is COC(=O)c1ccc(NC(=O)c2c(C)nc3c(C)cc(Br)cn23)cc1. The maximum atomic E-state index is 12.7. The van der Waals surface area contributed by atoms with E-state index >= 15 is 0 Å². The van der Waals surface area contributed by atoms with E-state index in [1.165, 1.54) is 7.11 Å². The van der Waals surface area contributed by atoms with Crippen molar-refractivity contribution in [3.05, 3.63) is 63.5 Å². The van der Waals surface area contributed by atoms with Crippen molar-refractivity contribution >= 4 is 39.1 Å². The first-order valence-electron chi connectivity index (χ1n) is 7.55. The highest BCUT2D eigenvalue weighted by atomic mass is 79.9. The monoisotopic (exact) mass is 401 g/mol. The van der Waals surface area contributed by atoms with Crippen LogP contribution in [0.3, 0.4) is 0 Å². The number of rotatable bonds is 3. The van der Waals surface area contributed by atoms with Gasteiger partial charge in [0.05, 0.1) is 18.4 Å². The normalized spacial score (nSPS) is 10.7. The van der Waals surface area contributed by atoms with E-state index in [1.807, 2.05) is 19.2 Å². The number of amides is 1. The number of pyridine rings is 1. The predicted molar refractivity (Wildman–Crippen MR) is 98.1 cm³/mol. The Morgan fingerprint density at radius 2 is 1.88 bits per heavy atom. The number of aryl methyl sites for hydroxylation is 2. The molecule has 0 atom stereocenters. The lowest BCUT2D eigenvalue weighted by molar-refractivity contribution is 0.0600. The van der Waals surface area contributed by atoms with Crippen LogP contribution in [-0.4, -0.2) is 28.4 Å². The quantitative estimate of drug-likeness (QED) is 0.678. The van der Waals surface area contributed by atoms with E-state index in [0.29, 0.717) is 22.6 Å². The van der Waals surface area contributed by atoms with Crippen molar-refractivity contribution in [1.29, 1.82) is 0 Å². The van der Waals surface area contributed by atoms with Crippen molar-refractivity contribution in [3.63, 3.8) is 0 Å². The third-order valence-electron chi connectivity index (χ3n) is 3.82. The van der Waals surface area contributed by atoms with Gasteiger partial charge in [-0.05, 0) is 65.7 Å². The first-order valence-corrected chi connectivity index (χ1v) is 8.34. The summed E-state index contributed by atoms with van der Waals surface area (Å²) in [5, 5.41) is 2.83. The minimum Gasteiger partial charge on any atom is -0.465 e. The number of carbonyl (C=O) groups excluding carboxylic acids is 2. The van der Waals surface area contributed by atoms with Gasteiger partial charge in [0.1, 0.15) is 11.3 Å². The smallest absolute Gasteiger partial charge is 0.337 e. The summed E-state index contributed by atoms with van der Waals surface area (Å²) in [5.74, 6) is -0.691. The van der Waals surface area contributed by atoms with Gasteiger partial charge in [-0.2, -0.15) is 0 Å². The number of fused-ring (bicyclic) bond motifs is 1. The molecular weight excluding hydrogens is 386 g/mol. The summed E-state index contributed by atoms with van der Waals surface area (Å²) >= 11 is 3.45. The standard InChI is InChI=1S/C18H16BrN3O3/c1-10-8-13(19)9-22-15(11(2)20-16(10)22)17(23)21-14-6-4-12(5-7-14)18(24)25-3/h4-9H,1-3H3,(H,21,23). The Morgan fingerprint density at radius 1 is 1.20 bits per heavy atom. The zero-order valence-electron chi connectivity index (χ0n) is 14.0. The van der Waals surface area contributed by atoms with Crippen molar-refractivity contribution in [2.45, 2.75) is 13.8 Å². The topological polar surface area (TPSA) is 72.7 Å². The molecule has 1 aromatic carbocycles. The number of hydrogen-bond donors (Lipinski definition) is 1. The van der Waals surface area contributed by atoms with Crippen LogP contribution in [0.1, 0.15) is 32.1 Å². The number of nitrogens with zero attached hydrogens (tertiary/aromatic N) is 2. The maximum Gasteiger partial charge on any atom is 0.337 e. The molecule has 0 aliphatic rings. The number of benzene rings is 1. The molecule has 0 spiro atoms. The molecule has 0 bridgehead atoms. The van der Waals surface area contributed by atoms with Gasteiger partial charge in [-0.3, -0.25) is 9.20 Å². The molecule has 3 rings (SSSR count). The van der Waals surface area contributed by atoms with Crippen LogP contribution >= 0.6 is 15.9 Å². The maximum absolute atomic E-state index is 12.7. The van der Waals surface area contributed by atoms with Crippen molar-refractivity contribution in [2.75, 3.05) is 12.4 Å². The Labute approximate surface area is 153 Å². The summed E-state index contributed by atoms with van der Waals surface area (Å²) in [6, 6.07) is 8.47. The summed E-state index contributed by atoms with van der Waals surface area (Å²) < 4.78 is 7.30. The van der Waals surface area contributed by atoms with Gasteiger partial charge in [0.15, 0.2) is 0 Å². The molecule has 6 nitrogen and oxygen atoms in total. The molecule has 0 fully saturated rings. The average molecular weight is 402 g/mol. The molecule has 2 aromatic heterocycles. The zero-order valence-corrected chi connectivity index (χ0v) is 15.5. The van der Waals surface area contributed by atoms with Gasteiger partial charge in [0.2, 0.25) is 0 Å². The second-order valence-electron chi connectivity index (χ2n) is 5.60. The number of carbonyl (C=O) groups is 2. The second kappa shape index (κ2) is 6.68. The third kappa shape index (κ3) is 3.28. The van der Waals surface area contributed by atoms with Crippen molar-refractivity contribution in [3.8, 4) is 0 Å². The van der Waals surface area contributed by atoms with Crippen LogP contribution in [0.2, 0.25) is 0 Å². The van der Waals surface area contributed by atoms with Crippen LogP contribution in [0.5, 0.6) is 0 Å². The van der Waals surface area contributed by atoms with E-state index in [9.17, 15) is 9.59 Å². The van der Waals surface area contributed by atoms with E-state index in [4.69, 9.17) is 0 Å². The molecule has 0 aliphatic carbocycles. The fourth-order valence-corrected chi connectivity index (χ4v) is 3.20. The number of imidazole rings is 1. The number of anilines is 1. The van der Waals surface area contributed by atoms with Crippen molar-refractivity contribution in [1.82, 2.24) is 9.38 Å². The van der Waals surface area contributed by atoms with Gasteiger partial charge < -0.3 is 10.1 Å². The lowest BCUT2D eigenvalue weighted by Crippen LogP contribution is -2.16. The minimum absolute atomic E-state index is 0.270. The largest absolute Gasteiger partial charge is 0.465 e. The number of esters is 1. The lowest BCUT2D eigenvalue weighted by atomic mass is 10.2. The number of aromatic nitrogens is 2. The first-order chi connectivity index (χ1) is 11.9. The Morgan fingerprint density at radius 3 is 2.52 bits per heavy atom. The summed E-state index contributed by atoms with van der Waals surface area (Å²) in [4.78, 5) is 28.7. The number of nitrogens with one attached hydrogen (secondary N) is 1. The molecule has 7 heteroatoms. The van der Waals surface area contributed by atoms with Crippen LogP contribution in [0, 0.1) is 13.8 Å². The zero-order chi connectivity index (χ0) is 18.1. The lowest BCUT2D eigenvalue weighted by Gasteiger charge is -2.08. The van der Waals surface area contributed by atoms with Crippen LogP contribution in [-0.2, 0) is 4.74 Å². The molecule has 0 aliphatic heterocycles. The number of ether oxygens (including phenoxy) is 1. The Hall–Kier alpha value is -2.67. The van der Waals surface area contributed by atoms with E-state index in [1.54, 1.807) is 35.6 Å². The van der Waals surface area contributed by atoms with Gasteiger partial charge in [0.25, 0.3) is 5.91 Å². The molecule has 0 saturated heterocycles. The summed E-state index contributed by atoms with van der Waals surface area (Å²) in [5.41, 5.74) is 3.83. The molecule has 3 aromatic rings. The molecular formula is C18H16BrN3O3. The summed E-state index contributed by atoms with van der Waals surface area (Å²) in [6.45, 7) is 3.75. The molecule has 1 amide bonds. The third-order valence-corrected chi connectivity index (χ3v) is 4.26. The second-order valence-corrected chi connectivity index (χ2v) is 6.52. The van der Waals surface area contributed by atoms with Gasteiger partial charge in [0, 0.05) is 16.4 Å². The Balaban J connectivity index is 1.93. The predicted octanol–water partition coefficient (Wildman–Crippen LogP) is 3.75. The van der Waals surface area contributed by atoms with Gasteiger partial charge in [-0.15, -0.1) is 0 Å². The van der Waals surface area contributed by atoms with Crippen LogP contribution in [0.25, 0.3) is 5.65 Å². The highest BCUT2D eigenvalue weighted by Crippen LogP contribution is 2.21. The first kappa shape index (κ1) is 17.2. The Bertz CT molecular complexity index is 977. The van der Waals surface area contributed by atoms with Crippen molar-refractivity contribution < 1.29 is 14.3 Å². The highest BCUT2D eigenvalue weighted by Gasteiger charge is 2.18. The van der Waals surface area contributed by atoms with Crippen LogP contribution in [0.15, 0.2) is 41.0 Å². The van der Waals surface area contributed by atoms with Crippen molar-refractivity contribution in [2.24, 2.45) is 0 Å². The highest BCUT2D eigenvalue weighted by molar-refractivity contribution is 9.10. The molecule has 25 heavy (non-hydrogen) atoms. The van der Waals surface area contributed by atoms with Gasteiger partial charge in [-0.25, -0.2) is 9.78 Å². The summed E-state index contributed by atoms with van der Waals surface area (Å²) in [6.07, 6.45) is 1.82. The minimum atomic E-state index is -0.421. The Kier molecular flexibility index (Phi) is 4.59. The molecule has 2 heterocycles. The molecule has 0 saturated carbocycles. The van der Waals surface area contributed by atoms with Crippen LogP contribution in [0.4, 0.5) is 5.69 Å². The molecule has 0 unspecified atom stereocenters. The molecule has 1 N–H and O–H groups in total. The average Bonchev–Trinajstić information content (AvgIpc) is 2.91. The summed E-state index contributed by atoms with van der Waals surface area (Å²) in [7, 11) is 1.33. The van der Waals surface area contributed by atoms with Gasteiger partial charge in [-0.1, -0.05) is 0 Å². The van der Waals surface area contributed by atoms with E-state index < -0.39 is 5.97 Å². The van der Waals surface area contributed by atoms with Crippen LogP contribution < -0.4 is 5.32 Å². The number of halogens is 1. The fourth-order valence-electron chi connectivity index (χ4n) is 2.65. The number of hydrogen-bond acceptors (Lipinski definition) is 4. The molecule has 128 valence electrons. The fraction of sp³-hybridized carbons (Fsp3) is 0.167. The van der Waals surface area contributed by atoms with Gasteiger partial charge >= 0.3 is 5.97 Å². The van der Waals surface area contributed by atoms with E-state index in [2.05, 4.69) is 31.0 Å².